The average molecular weight is 479 g/mol. The number of hydrogen-bond donors (Lipinski definition) is 2. The summed E-state index contributed by atoms with van der Waals surface area (Å²) in [6, 6.07) is 0. The van der Waals surface area contributed by atoms with Gasteiger partial charge in [-0.15, -0.1) is 0 Å². The summed E-state index contributed by atoms with van der Waals surface area (Å²) in [4.78, 5) is 27.0. The molecule has 0 spiro atoms. The predicted molar refractivity (Wildman–Crippen MR) is 133 cm³/mol. The summed E-state index contributed by atoms with van der Waals surface area (Å²) < 4.78 is 11.9. The number of aromatic hydroxyl groups is 2. The topological polar surface area (TPSA) is 93.1 Å². The Morgan fingerprint density at radius 2 is 0.886 bits per heavy atom. The van der Waals surface area contributed by atoms with E-state index in [2.05, 4.69) is 0 Å². The first-order chi connectivity index (χ1) is 16.4. The van der Waals surface area contributed by atoms with Gasteiger partial charge in [0, 0.05) is 0 Å². The number of benzene rings is 2. The Balaban J connectivity index is 1.65. The normalized spacial score (nSPS) is 22.5. The third-order valence-electron chi connectivity index (χ3n) is 8.44. The van der Waals surface area contributed by atoms with Crippen LogP contribution in [0.4, 0.5) is 0 Å². The van der Waals surface area contributed by atoms with Crippen molar-refractivity contribution in [2.45, 2.75) is 61.8 Å². The zero-order valence-electron chi connectivity index (χ0n) is 21.7. The molecule has 4 unspecified atom stereocenters. The van der Waals surface area contributed by atoms with E-state index in [0.29, 0.717) is 62.4 Å². The standard InChI is InChI=1S/C29H34O6/c1-12-16(5)26(17(6)13(2)24(12)30)34-28(32)22-20-9-10-21(11-20)23(22)29(33)35-27-18(7)14(3)25(31)15(4)19(27)8/h9-10,20-23,30-31H,11H2,1-8H3. The fraction of sp³-hybridized carbons (Fsp3) is 0.448. The van der Waals surface area contributed by atoms with Gasteiger partial charge in [-0.3, -0.25) is 9.59 Å². The van der Waals surface area contributed by atoms with Crippen LogP contribution in [0, 0.1) is 79.1 Å². The van der Waals surface area contributed by atoms with Crippen molar-refractivity contribution in [1.82, 2.24) is 0 Å². The second-order valence-electron chi connectivity index (χ2n) is 10.2. The lowest BCUT2D eigenvalue weighted by Crippen LogP contribution is -2.38. The molecule has 2 bridgehead atoms. The van der Waals surface area contributed by atoms with Crippen molar-refractivity contribution < 1.29 is 29.3 Å². The molecule has 0 aliphatic heterocycles. The Hall–Kier alpha value is -3.28. The third kappa shape index (κ3) is 3.79. The minimum Gasteiger partial charge on any atom is -0.507 e. The van der Waals surface area contributed by atoms with Gasteiger partial charge in [-0.05, 0) is 118 Å². The Morgan fingerprint density at radius 3 is 1.17 bits per heavy atom. The van der Waals surface area contributed by atoms with Crippen molar-refractivity contribution in [2.24, 2.45) is 23.7 Å². The van der Waals surface area contributed by atoms with Gasteiger partial charge < -0.3 is 19.7 Å². The van der Waals surface area contributed by atoms with E-state index >= 15 is 0 Å². The van der Waals surface area contributed by atoms with Crippen LogP contribution in [0.2, 0.25) is 0 Å². The van der Waals surface area contributed by atoms with Crippen LogP contribution < -0.4 is 9.47 Å². The Labute approximate surface area is 206 Å². The molecule has 6 heteroatoms. The maximum Gasteiger partial charge on any atom is 0.315 e. The molecule has 2 aliphatic rings. The van der Waals surface area contributed by atoms with Crippen LogP contribution in [0.15, 0.2) is 12.2 Å². The number of esters is 2. The third-order valence-corrected chi connectivity index (χ3v) is 8.44. The number of phenols is 2. The van der Waals surface area contributed by atoms with Gasteiger partial charge in [0.2, 0.25) is 0 Å². The molecule has 4 atom stereocenters. The highest BCUT2D eigenvalue weighted by molar-refractivity contribution is 5.87. The van der Waals surface area contributed by atoms with Crippen LogP contribution in [-0.2, 0) is 9.59 Å². The predicted octanol–water partition coefficient (Wildman–Crippen LogP) is 5.51. The molecule has 0 aromatic heterocycles. The summed E-state index contributed by atoms with van der Waals surface area (Å²) in [5, 5.41) is 20.7. The lowest BCUT2D eigenvalue weighted by atomic mass is 9.83. The second-order valence-corrected chi connectivity index (χ2v) is 10.2. The molecule has 2 aliphatic carbocycles. The molecule has 0 saturated heterocycles. The van der Waals surface area contributed by atoms with Gasteiger partial charge in [-0.25, -0.2) is 0 Å². The summed E-state index contributed by atoms with van der Waals surface area (Å²) in [5.74, 6) is -1.08. The van der Waals surface area contributed by atoms with E-state index in [9.17, 15) is 19.8 Å². The van der Waals surface area contributed by atoms with E-state index < -0.39 is 23.8 Å². The van der Waals surface area contributed by atoms with Gasteiger partial charge in [0.05, 0.1) is 11.8 Å². The summed E-state index contributed by atoms with van der Waals surface area (Å²) in [5.41, 5.74) is 5.51. The summed E-state index contributed by atoms with van der Waals surface area (Å²) in [7, 11) is 0. The van der Waals surface area contributed by atoms with Crippen LogP contribution in [0.5, 0.6) is 23.0 Å². The maximum absolute atomic E-state index is 13.5. The van der Waals surface area contributed by atoms with Crippen molar-refractivity contribution in [2.75, 3.05) is 0 Å². The van der Waals surface area contributed by atoms with Crippen molar-refractivity contribution in [1.29, 1.82) is 0 Å². The molecule has 6 nitrogen and oxygen atoms in total. The van der Waals surface area contributed by atoms with E-state index in [-0.39, 0.29) is 23.3 Å². The molecular formula is C29H34O6. The first-order valence-electron chi connectivity index (χ1n) is 12.1. The molecular weight excluding hydrogens is 444 g/mol. The molecule has 0 amide bonds. The fourth-order valence-corrected chi connectivity index (χ4v) is 5.62. The molecule has 2 aromatic rings. The number of fused-ring (bicyclic) bond motifs is 2. The number of carbonyl (C=O) groups is 2. The zero-order chi connectivity index (χ0) is 25.9. The van der Waals surface area contributed by atoms with E-state index in [0.717, 1.165) is 0 Å². The number of ether oxygens (including phenoxy) is 2. The highest BCUT2D eigenvalue weighted by atomic mass is 16.5. The van der Waals surface area contributed by atoms with Crippen LogP contribution >= 0.6 is 0 Å². The minimum absolute atomic E-state index is 0.0875. The lowest BCUT2D eigenvalue weighted by Gasteiger charge is -2.27. The smallest absolute Gasteiger partial charge is 0.315 e. The summed E-state index contributed by atoms with van der Waals surface area (Å²) in [6.07, 6.45) is 4.70. The van der Waals surface area contributed by atoms with E-state index in [1.54, 1.807) is 27.7 Å². The molecule has 0 heterocycles. The average Bonchev–Trinajstić information content (AvgIpc) is 3.46. The van der Waals surface area contributed by atoms with Gasteiger partial charge in [0.15, 0.2) is 0 Å². The highest BCUT2D eigenvalue weighted by Crippen LogP contribution is 2.50. The van der Waals surface area contributed by atoms with Gasteiger partial charge in [0.1, 0.15) is 23.0 Å². The quantitative estimate of drug-likeness (QED) is 0.342. The van der Waals surface area contributed by atoms with E-state index in [4.69, 9.17) is 9.47 Å². The number of rotatable bonds is 4. The lowest BCUT2D eigenvalue weighted by molar-refractivity contribution is -0.151. The number of hydrogen-bond acceptors (Lipinski definition) is 6. The molecule has 0 radical (unpaired) electrons. The molecule has 2 aromatic carbocycles. The van der Waals surface area contributed by atoms with Crippen LogP contribution in [0.3, 0.4) is 0 Å². The van der Waals surface area contributed by atoms with Gasteiger partial charge in [0.25, 0.3) is 0 Å². The van der Waals surface area contributed by atoms with Gasteiger partial charge >= 0.3 is 11.9 Å². The maximum atomic E-state index is 13.5. The summed E-state index contributed by atoms with van der Waals surface area (Å²) >= 11 is 0. The molecule has 4 rings (SSSR count). The van der Waals surface area contributed by atoms with Crippen molar-refractivity contribution in [3.63, 3.8) is 0 Å². The minimum atomic E-state index is -0.648. The molecule has 35 heavy (non-hydrogen) atoms. The number of phenolic OH excluding ortho intramolecular Hbond substituents is 2. The van der Waals surface area contributed by atoms with Crippen molar-refractivity contribution in [3.8, 4) is 23.0 Å². The molecule has 1 fully saturated rings. The Morgan fingerprint density at radius 1 is 0.600 bits per heavy atom. The van der Waals surface area contributed by atoms with Crippen molar-refractivity contribution >= 4 is 11.9 Å². The largest absolute Gasteiger partial charge is 0.507 e. The SMILES string of the molecule is Cc1c(C)c(OC(=O)C2C3C=CC(C3)C2C(=O)Oc2c(C)c(C)c(O)c(C)c2C)c(C)c(C)c1O. The van der Waals surface area contributed by atoms with Gasteiger partial charge in [-0.1, -0.05) is 12.2 Å². The number of carbonyl (C=O) groups excluding carboxylic acids is 2. The van der Waals surface area contributed by atoms with Crippen molar-refractivity contribution in [3.05, 3.63) is 56.7 Å². The van der Waals surface area contributed by atoms with E-state index in [1.807, 2.05) is 39.8 Å². The Bertz CT molecular complexity index is 1130. The molecule has 186 valence electrons. The molecule has 1 saturated carbocycles. The monoisotopic (exact) mass is 478 g/mol. The fourth-order valence-electron chi connectivity index (χ4n) is 5.62. The molecule has 2 N–H and O–H groups in total. The highest BCUT2D eigenvalue weighted by Gasteiger charge is 2.53. The first-order valence-corrected chi connectivity index (χ1v) is 12.1. The number of allylic oxidation sites excluding steroid dienone is 2. The van der Waals surface area contributed by atoms with Crippen LogP contribution in [0.25, 0.3) is 0 Å². The van der Waals surface area contributed by atoms with Crippen LogP contribution in [-0.4, -0.2) is 22.2 Å². The zero-order valence-corrected chi connectivity index (χ0v) is 21.7. The summed E-state index contributed by atoms with van der Waals surface area (Å²) in [6.45, 7) is 14.4. The Kier molecular flexibility index (Phi) is 6.20. The first kappa shape index (κ1) is 24.8. The van der Waals surface area contributed by atoms with Gasteiger partial charge in [-0.2, -0.15) is 0 Å². The van der Waals surface area contributed by atoms with E-state index in [1.165, 1.54) is 0 Å². The second kappa shape index (κ2) is 8.74. The van der Waals surface area contributed by atoms with Crippen LogP contribution in [0.1, 0.15) is 50.9 Å².